The van der Waals surface area contributed by atoms with Gasteiger partial charge in [-0.05, 0) is 18.6 Å². The van der Waals surface area contributed by atoms with Crippen molar-refractivity contribution in [1.82, 2.24) is 25.1 Å². The SMILES string of the molecule is CNC(=O)c1cc(C)c2nnc(NC)n2n1. The van der Waals surface area contributed by atoms with Gasteiger partial charge in [0.05, 0.1) is 0 Å². The van der Waals surface area contributed by atoms with Gasteiger partial charge in [0, 0.05) is 14.1 Å². The summed E-state index contributed by atoms with van der Waals surface area (Å²) in [6.07, 6.45) is 0. The molecular formula is C9H12N6O. The van der Waals surface area contributed by atoms with Crippen LogP contribution in [0.15, 0.2) is 6.07 Å². The van der Waals surface area contributed by atoms with Crippen LogP contribution in [0.25, 0.3) is 5.65 Å². The first kappa shape index (κ1) is 10.3. The molecule has 0 bridgehead atoms. The van der Waals surface area contributed by atoms with Gasteiger partial charge in [-0.2, -0.15) is 9.61 Å². The highest BCUT2D eigenvalue weighted by Gasteiger charge is 2.12. The van der Waals surface area contributed by atoms with Crippen LogP contribution in [0.3, 0.4) is 0 Å². The van der Waals surface area contributed by atoms with Crippen LogP contribution in [0.2, 0.25) is 0 Å². The third-order valence-corrected chi connectivity index (χ3v) is 2.24. The van der Waals surface area contributed by atoms with Crippen LogP contribution in [0, 0.1) is 6.92 Å². The highest BCUT2D eigenvalue weighted by Crippen LogP contribution is 2.11. The molecule has 0 radical (unpaired) electrons. The maximum absolute atomic E-state index is 11.5. The van der Waals surface area contributed by atoms with E-state index in [1.165, 1.54) is 4.52 Å². The molecule has 0 saturated carbocycles. The van der Waals surface area contributed by atoms with Crippen molar-refractivity contribution in [3.8, 4) is 0 Å². The molecule has 0 fully saturated rings. The fourth-order valence-electron chi connectivity index (χ4n) is 1.42. The van der Waals surface area contributed by atoms with E-state index >= 15 is 0 Å². The molecule has 0 aliphatic rings. The average molecular weight is 220 g/mol. The van der Waals surface area contributed by atoms with Crippen LogP contribution >= 0.6 is 0 Å². The normalized spacial score (nSPS) is 10.4. The summed E-state index contributed by atoms with van der Waals surface area (Å²) >= 11 is 0. The Hall–Kier alpha value is -2.18. The molecule has 7 nitrogen and oxygen atoms in total. The number of nitrogens with one attached hydrogen (secondary N) is 2. The van der Waals surface area contributed by atoms with E-state index < -0.39 is 0 Å². The Labute approximate surface area is 91.9 Å². The van der Waals surface area contributed by atoms with Crippen molar-refractivity contribution < 1.29 is 4.79 Å². The second-order valence-corrected chi connectivity index (χ2v) is 3.30. The van der Waals surface area contributed by atoms with Crippen molar-refractivity contribution in [3.63, 3.8) is 0 Å². The zero-order valence-electron chi connectivity index (χ0n) is 9.27. The van der Waals surface area contributed by atoms with Crippen LogP contribution < -0.4 is 10.6 Å². The number of carbonyl (C=O) groups is 1. The Morgan fingerprint density at radius 2 is 2.12 bits per heavy atom. The quantitative estimate of drug-likeness (QED) is 0.734. The molecule has 7 heteroatoms. The molecule has 2 heterocycles. The van der Waals surface area contributed by atoms with Crippen molar-refractivity contribution in [1.29, 1.82) is 0 Å². The van der Waals surface area contributed by atoms with Crippen LogP contribution in [0.1, 0.15) is 16.1 Å². The minimum absolute atomic E-state index is 0.235. The van der Waals surface area contributed by atoms with Gasteiger partial charge in [-0.1, -0.05) is 0 Å². The van der Waals surface area contributed by atoms with E-state index in [1.54, 1.807) is 20.2 Å². The highest BCUT2D eigenvalue weighted by molar-refractivity contribution is 5.92. The zero-order chi connectivity index (χ0) is 11.7. The molecule has 84 valence electrons. The minimum Gasteiger partial charge on any atom is -0.356 e. The van der Waals surface area contributed by atoms with Gasteiger partial charge >= 0.3 is 0 Å². The van der Waals surface area contributed by atoms with Crippen LogP contribution in [0.5, 0.6) is 0 Å². The Morgan fingerprint density at radius 1 is 1.38 bits per heavy atom. The van der Waals surface area contributed by atoms with E-state index in [1.807, 2.05) is 6.92 Å². The number of carbonyl (C=O) groups excluding carboxylic acids is 1. The van der Waals surface area contributed by atoms with Gasteiger partial charge < -0.3 is 10.6 Å². The van der Waals surface area contributed by atoms with Crippen molar-refractivity contribution in [3.05, 3.63) is 17.3 Å². The third-order valence-electron chi connectivity index (χ3n) is 2.24. The van der Waals surface area contributed by atoms with Gasteiger partial charge in [-0.25, -0.2) is 0 Å². The van der Waals surface area contributed by atoms with Gasteiger partial charge in [0.15, 0.2) is 5.65 Å². The standard InChI is InChI=1S/C9H12N6O/c1-5-4-6(8(16)10-2)14-15-7(5)12-13-9(15)11-3/h4H,1-3H3,(H,10,16)(H,11,13). The number of hydrogen-bond acceptors (Lipinski definition) is 5. The number of aromatic nitrogens is 4. The summed E-state index contributed by atoms with van der Waals surface area (Å²) < 4.78 is 1.51. The molecule has 2 aromatic heterocycles. The van der Waals surface area contributed by atoms with Gasteiger partial charge in [0.1, 0.15) is 5.69 Å². The maximum atomic E-state index is 11.5. The molecule has 0 atom stereocenters. The molecule has 2 N–H and O–H groups in total. The Kier molecular flexibility index (Phi) is 2.43. The van der Waals surface area contributed by atoms with Gasteiger partial charge in [0.25, 0.3) is 5.91 Å². The Balaban J connectivity index is 2.68. The van der Waals surface area contributed by atoms with E-state index in [-0.39, 0.29) is 5.91 Å². The van der Waals surface area contributed by atoms with Gasteiger partial charge in [0.2, 0.25) is 5.95 Å². The summed E-state index contributed by atoms with van der Waals surface area (Å²) in [6.45, 7) is 1.86. The lowest BCUT2D eigenvalue weighted by Crippen LogP contribution is -2.20. The number of amides is 1. The van der Waals surface area contributed by atoms with Crippen molar-refractivity contribution in [2.24, 2.45) is 0 Å². The second-order valence-electron chi connectivity index (χ2n) is 3.30. The number of hydrogen-bond donors (Lipinski definition) is 2. The summed E-state index contributed by atoms with van der Waals surface area (Å²) in [5.74, 6) is 0.268. The third kappa shape index (κ3) is 1.46. The molecule has 2 aromatic rings. The van der Waals surface area contributed by atoms with E-state index in [0.29, 0.717) is 17.3 Å². The fraction of sp³-hybridized carbons (Fsp3) is 0.333. The topological polar surface area (TPSA) is 84.2 Å². The smallest absolute Gasteiger partial charge is 0.271 e. The lowest BCUT2D eigenvalue weighted by atomic mass is 10.2. The number of nitrogens with zero attached hydrogens (tertiary/aromatic N) is 4. The highest BCUT2D eigenvalue weighted by atomic mass is 16.1. The molecule has 0 aliphatic carbocycles. The molecule has 0 saturated heterocycles. The molecular weight excluding hydrogens is 208 g/mol. The first-order valence-electron chi connectivity index (χ1n) is 4.80. The molecule has 16 heavy (non-hydrogen) atoms. The largest absolute Gasteiger partial charge is 0.356 e. The van der Waals surface area contributed by atoms with Crippen molar-refractivity contribution >= 4 is 17.5 Å². The van der Waals surface area contributed by atoms with E-state index in [2.05, 4.69) is 25.9 Å². The first-order chi connectivity index (χ1) is 7.67. The Morgan fingerprint density at radius 3 is 2.75 bits per heavy atom. The van der Waals surface area contributed by atoms with Crippen molar-refractivity contribution in [2.45, 2.75) is 6.92 Å². The summed E-state index contributed by atoms with van der Waals surface area (Å²) in [7, 11) is 3.29. The fourth-order valence-corrected chi connectivity index (χ4v) is 1.42. The number of aryl methyl sites for hydroxylation is 1. The van der Waals surface area contributed by atoms with Crippen molar-refractivity contribution in [2.75, 3.05) is 19.4 Å². The summed E-state index contributed by atoms with van der Waals surface area (Å²) in [5, 5.41) is 17.4. The van der Waals surface area contributed by atoms with Crippen LogP contribution in [0.4, 0.5) is 5.95 Å². The molecule has 2 rings (SSSR count). The molecule has 0 aromatic carbocycles. The lowest BCUT2D eigenvalue weighted by molar-refractivity contribution is 0.0957. The van der Waals surface area contributed by atoms with Crippen LogP contribution in [-0.4, -0.2) is 39.8 Å². The summed E-state index contributed by atoms with van der Waals surface area (Å²) in [6, 6.07) is 1.68. The van der Waals surface area contributed by atoms with E-state index in [4.69, 9.17) is 0 Å². The number of rotatable bonds is 2. The molecule has 1 amide bonds. The Bertz CT molecular complexity index is 546. The average Bonchev–Trinajstić information content (AvgIpc) is 2.71. The first-order valence-corrected chi connectivity index (χ1v) is 4.80. The van der Waals surface area contributed by atoms with E-state index in [0.717, 1.165) is 5.56 Å². The number of anilines is 1. The van der Waals surface area contributed by atoms with Gasteiger partial charge in [-0.15, -0.1) is 10.2 Å². The zero-order valence-corrected chi connectivity index (χ0v) is 9.27. The predicted octanol–water partition coefficient (Wildman–Crippen LogP) is -0.166. The molecule has 0 unspecified atom stereocenters. The predicted molar refractivity (Wildman–Crippen MR) is 58.5 cm³/mol. The number of fused-ring (bicyclic) bond motifs is 1. The second kappa shape index (κ2) is 3.76. The molecule has 0 aliphatic heterocycles. The minimum atomic E-state index is -0.235. The summed E-state index contributed by atoms with van der Waals surface area (Å²) in [4.78, 5) is 11.5. The molecule has 0 spiro atoms. The van der Waals surface area contributed by atoms with Gasteiger partial charge in [-0.3, -0.25) is 4.79 Å². The van der Waals surface area contributed by atoms with E-state index in [9.17, 15) is 4.79 Å². The van der Waals surface area contributed by atoms with Crippen LogP contribution in [-0.2, 0) is 0 Å². The monoisotopic (exact) mass is 220 g/mol. The maximum Gasteiger partial charge on any atom is 0.271 e. The lowest BCUT2D eigenvalue weighted by Gasteiger charge is -2.03. The summed E-state index contributed by atoms with van der Waals surface area (Å²) in [5.41, 5.74) is 1.82.